The monoisotopic (exact) mass is 430 g/mol. The van der Waals surface area contributed by atoms with Crippen molar-refractivity contribution in [1.29, 1.82) is 0 Å². The summed E-state index contributed by atoms with van der Waals surface area (Å²) in [6, 6.07) is 5.67. The van der Waals surface area contributed by atoms with Crippen LogP contribution in [0.5, 0.6) is 0 Å². The van der Waals surface area contributed by atoms with Crippen molar-refractivity contribution in [3.63, 3.8) is 0 Å². The van der Waals surface area contributed by atoms with Crippen molar-refractivity contribution < 1.29 is 31.1 Å². The first-order valence-electron chi connectivity index (χ1n) is 7.63. The number of carbonyl (C=O) groups is 1. The van der Waals surface area contributed by atoms with Gasteiger partial charge in [-0.05, 0) is 12.1 Å². The number of hydrogen-bond donors (Lipinski definition) is 1. The van der Waals surface area contributed by atoms with Gasteiger partial charge in [-0.2, -0.15) is 13.2 Å². The molecule has 0 spiro atoms. The van der Waals surface area contributed by atoms with E-state index in [1.807, 2.05) is 0 Å². The lowest BCUT2D eigenvalue weighted by Gasteiger charge is -2.14. The van der Waals surface area contributed by atoms with Crippen LogP contribution in [0.1, 0.15) is 15.2 Å². The lowest BCUT2D eigenvalue weighted by Crippen LogP contribution is -2.09. The molecule has 0 radical (unpaired) electrons. The minimum atomic E-state index is -4.71. The summed E-state index contributed by atoms with van der Waals surface area (Å²) in [5, 5.41) is 0.152. The van der Waals surface area contributed by atoms with Gasteiger partial charge in [-0.1, -0.05) is 18.2 Å². The molecule has 6 nitrogen and oxygen atoms in total. The SMILES string of the molecule is COC(=O)c1sc2nc(-c3ccccc3C(F)(F)F)c(S(C)(=O)=O)cc2c1N. The summed E-state index contributed by atoms with van der Waals surface area (Å²) in [4.78, 5) is 15.7. The average Bonchev–Trinajstić information content (AvgIpc) is 2.94. The molecule has 28 heavy (non-hydrogen) atoms. The number of nitrogen functional groups attached to an aromatic ring is 1. The molecule has 0 aliphatic carbocycles. The van der Waals surface area contributed by atoms with Gasteiger partial charge < -0.3 is 10.5 Å². The van der Waals surface area contributed by atoms with Crippen LogP contribution in [0, 0.1) is 0 Å². The first-order valence-corrected chi connectivity index (χ1v) is 10.3. The Balaban J connectivity index is 2.42. The number of hydrogen-bond acceptors (Lipinski definition) is 7. The van der Waals surface area contributed by atoms with Crippen molar-refractivity contribution in [2.45, 2.75) is 11.1 Å². The smallest absolute Gasteiger partial charge is 0.417 e. The van der Waals surface area contributed by atoms with Crippen molar-refractivity contribution in [2.75, 3.05) is 19.1 Å². The maximum Gasteiger partial charge on any atom is 0.417 e. The molecule has 2 heterocycles. The van der Waals surface area contributed by atoms with Gasteiger partial charge in [0.2, 0.25) is 0 Å². The van der Waals surface area contributed by atoms with Gasteiger partial charge in [-0.15, -0.1) is 11.3 Å². The molecule has 0 atom stereocenters. The number of fused-ring (bicyclic) bond motifs is 1. The van der Waals surface area contributed by atoms with Crippen LogP contribution >= 0.6 is 11.3 Å². The molecule has 0 unspecified atom stereocenters. The van der Waals surface area contributed by atoms with Gasteiger partial charge in [0, 0.05) is 17.2 Å². The molecule has 0 saturated carbocycles. The summed E-state index contributed by atoms with van der Waals surface area (Å²) in [6.07, 6.45) is -3.85. The van der Waals surface area contributed by atoms with Crippen LogP contribution in [0.25, 0.3) is 21.5 Å². The Labute approximate surface area is 161 Å². The van der Waals surface area contributed by atoms with Crippen LogP contribution in [0.4, 0.5) is 18.9 Å². The van der Waals surface area contributed by atoms with E-state index >= 15 is 0 Å². The average molecular weight is 430 g/mol. The Morgan fingerprint density at radius 3 is 2.46 bits per heavy atom. The second kappa shape index (κ2) is 6.74. The Morgan fingerprint density at radius 2 is 1.89 bits per heavy atom. The van der Waals surface area contributed by atoms with E-state index in [1.54, 1.807) is 0 Å². The Morgan fingerprint density at radius 1 is 1.25 bits per heavy atom. The number of aromatic nitrogens is 1. The third kappa shape index (κ3) is 3.42. The predicted octanol–water partition coefficient (Wildman–Crippen LogP) is 3.75. The van der Waals surface area contributed by atoms with Crippen LogP contribution < -0.4 is 5.73 Å². The first-order chi connectivity index (χ1) is 12.9. The van der Waals surface area contributed by atoms with E-state index in [-0.39, 0.29) is 32.0 Å². The van der Waals surface area contributed by atoms with Gasteiger partial charge in [0.1, 0.15) is 9.71 Å². The van der Waals surface area contributed by atoms with Crippen LogP contribution in [-0.4, -0.2) is 32.7 Å². The maximum absolute atomic E-state index is 13.4. The van der Waals surface area contributed by atoms with E-state index in [0.29, 0.717) is 0 Å². The van der Waals surface area contributed by atoms with Crippen molar-refractivity contribution in [1.82, 2.24) is 4.98 Å². The molecule has 0 aliphatic rings. The van der Waals surface area contributed by atoms with Crippen molar-refractivity contribution in [3.8, 4) is 11.3 Å². The van der Waals surface area contributed by atoms with Gasteiger partial charge in [-0.25, -0.2) is 18.2 Å². The number of nitrogens with zero attached hydrogens (tertiary/aromatic N) is 1. The minimum Gasteiger partial charge on any atom is -0.465 e. The molecule has 3 aromatic rings. The summed E-state index contributed by atoms with van der Waals surface area (Å²) in [5.74, 6) is -0.751. The number of carbonyl (C=O) groups excluding carboxylic acids is 1. The molecule has 2 aromatic heterocycles. The number of anilines is 1. The first kappa shape index (κ1) is 20.1. The van der Waals surface area contributed by atoms with Gasteiger partial charge in [0.15, 0.2) is 9.84 Å². The van der Waals surface area contributed by atoms with E-state index in [0.717, 1.165) is 42.9 Å². The molecular formula is C17H13F3N2O4S2. The Kier molecular flexibility index (Phi) is 4.84. The number of ether oxygens (including phenoxy) is 1. The topological polar surface area (TPSA) is 99.3 Å². The lowest BCUT2D eigenvalue weighted by atomic mass is 10.0. The normalized spacial score (nSPS) is 12.3. The molecule has 1 aromatic carbocycles. The maximum atomic E-state index is 13.4. The number of nitrogens with two attached hydrogens (primary N) is 1. The predicted molar refractivity (Wildman–Crippen MR) is 98.9 cm³/mol. The van der Waals surface area contributed by atoms with E-state index in [1.165, 1.54) is 12.1 Å². The highest BCUT2D eigenvalue weighted by molar-refractivity contribution is 7.90. The third-order valence-corrected chi connectivity index (χ3v) is 6.15. The number of halogens is 3. The summed E-state index contributed by atoms with van der Waals surface area (Å²) < 4.78 is 69.5. The van der Waals surface area contributed by atoms with E-state index in [2.05, 4.69) is 9.72 Å². The molecule has 148 valence electrons. The standard InChI is InChI=1S/C17H13F3N2O4S2/c1-26-16(23)14-12(21)9-7-11(28(2,24)25)13(22-15(9)27-14)8-5-3-4-6-10(8)17(18,19)20/h3-7H,21H2,1-2H3. The number of alkyl halides is 3. The highest BCUT2D eigenvalue weighted by Crippen LogP contribution is 2.41. The molecule has 11 heteroatoms. The second-order valence-corrected chi connectivity index (χ2v) is 8.82. The summed E-state index contributed by atoms with van der Waals surface area (Å²) in [6.45, 7) is 0. The summed E-state index contributed by atoms with van der Waals surface area (Å²) >= 11 is 0.811. The molecule has 0 saturated heterocycles. The third-order valence-electron chi connectivity index (χ3n) is 3.94. The zero-order valence-electron chi connectivity index (χ0n) is 14.5. The Bertz CT molecular complexity index is 1200. The molecule has 0 aliphatic heterocycles. The van der Waals surface area contributed by atoms with Gasteiger partial charge >= 0.3 is 12.1 Å². The number of sulfone groups is 1. The molecule has 0 fully saturated rings. The van der Waals surface area contributed by atoms with Crippen LogP contribution in [0.3, 0.4) is 0 Å². The summed E-state index contributed by atoms with van der Waals surface area (Å²) in [5.41, 5.74) is 4.10. The minimum absolute atomic E-state index is 0.00860. The quantitative estimate of drug-likeness (QED) is 0.636. The number of rotatable bonds is 3. The number of methoxy groups -OCH3 is 1. The van der Waals surface area contributed by atoms with Gasteiger partial charge in [0.25, 0.3) is 0 Å². The van der Waals surface area contributed by atoms with E-state index < -0.39 is 32.4 Å². The molecular weight excluding hydrogens is 417 g/mol. The fourth-order valence-corrected chi connectivity index (χ4v) is 4.51. The Hall–Kier alpha value is -2.66. The van der Waals surface area contributed by atoms with Crippen LogP contribution in [0.2, 0.25) is 0 Å². The van der Waals surface area contributed by atoms with E-state index in [4.69, 9.17) is 5.73 Å². The number of esters is 1. The number of benzene rings is 1. The zero-order chi connectivity index (χ0) is 20.9. The highest BCUT2D eigenvalue weighted by Gasteiger charge is 2.35. The van der Waals surface area contributed by atoms with Gasteiger partial charge in [0.05, 0.1) is 29.0 Å². The van der Waals surface area contributed by atoms with Crippen LogP contribution in [0.15, 0.2) is 35.2 Å². The molecule has 0 bridgehead atoms. The second-order valence-electron chi connectivity index (χ2n) is 5.84. The molecule has 3 rings (SSSR count). The zero-order valence-corrected chi connectivity index (χ0v) is 16.1. The fraction of sp³-hybridized carbons (Fsp3) is 0.176. The highest BCUT2D eigenvalue weighted by atomic mass is 32.2. The lowest BCUT2D eigenvalue weighted by molar-refractivity contribution is -0.137. The van der Waals surface area contributed by atoms with E-state index in [9.17, 15) is 26.4 Å². The number of thiophene rings is 1. The van der Waals surface area contributed by atoms with Crippen molar-refractivity contribution in [3.05, 3.63) is 40.8 Å². The fourth-order valence-electron chi connectivity index (χ4n) is 2.68. The number of pyridine rings is 1. The van der Waals surface area contributed by atoms with Crippen molar-refractivity contribution >= 4 is 43.0 Å². The van der Waals surface area contributed by atoms with Crippen molar-refractivity contribution in [2.24, 2.45) is 0 Å². The largest absolute Gasteiger partial charge is 0.465 e. The summed E-state index contributed by atoms with van der Waals surface area (Å²) in [7, 11) is -2.82. The van der Waals surface area contributed by atoms with Gasteiger partial charge in [-0.3, -0.25) is 0 Å². The molecule has 2 N–H and O–H groups in total. The van der Waals surface area contributed by atoms with Crippen LogP contribution in [-0.2, 0) is 20.8 Å². The molecule has 0 amide bonds.